The van der Waals surface area contributed by atoms with Crippen molar-refractivity contribution in [1.82, 2.24) is 14.7 Å². The number of rotatable bonds is 3. The van der Waals surface area contributed by atoms with Crippen LogP contribution in [-0.2, 0) is 34.5 Å². The summed E-state index contributed by atoms with van der Waals surface area (Å²) in [5, 5.41) is 8.96. The quantitative estimate of drug-likeness (QED) is 0.874. The number of carbonyl (C=O) groups excluding carboxylic acids is 1. The van der Waals surface area contributed by atoms with Gasteiger partial charge in [-0.15, -0.1) is 0 Å². The van der Waals surface area contributed by atoms with Crippen molar-refractivity contribution in [1.29, 1.82) is 0 Å². The molecule has 2 heterocycles. The molecule has 9 heteroatoms. The highest BCUT2D eigenvalue weighted by Crippen LogP contribution is 2.17. The largest absolute Gasteiger partial charge is 0.445 e. The minimum absolute atomic E-state index is 0.182. The average molecular weight is 378 g/mol. The molecule has 3 rings (SSSR count). The van der Waals surface area contributed by atoms with Crippen LogP contribution in [-0.4, -0.2) is 35.7 Å². The number of carbonyl (C=O) groups is 1. The molecule has 1 aromatic heterocycles. The van der Waals surface area contributed by atoms with Gasteiger partial charge in [0.15, 0.2) is 5.03 Å². The van der Waals surface area contributed by atoms with E-state index in [1.807, 2.05) is 26.0 Å². The molecular weight excluding hydrogens is 356 g/mol. The molecule has 8 nitrogen and oxygen atoms in total. The molecule has 140 valence electrons. The van der Waals surface area contributed by atoms with Crippen molar-refractivity contribution in [2.24, 2.45) is 5.14 Å². The Hall–Kier alpha value is -2.39. The number of benzene rings is 1. The Kier molecular flexibility index (Phi) is 5.01. The van der Waals surface area contributed by atoms with Crippen LogP contribution in [0.15, 0.2) is 29.3 Å². The zero-order chi connectivity index (χ0) is 18.9. The summed E-state index contributed by atoms with van der Waals surface area (Å²) in [5.41, 5.74) is 3.79. The van der Waals surface area contributed by atoms with Gasteiger partial charge in [-0.3, -0.25) is 4.68 Å². The van der Waals surface area contributed by atoms with E-state index >= 15 is 0 Å². The highest BCUT2D eigenvalue weighted by molar-refractivity contribution is 7.89. The van der Waals surface area contributed by atoms with Crippen molar-refractivity contribution in [3.63, 3.8) is 0 Å². The summed E-state index contributed by atoms with van der Waals surface area (Å²) in [7, 11) is -3.87. The molecule has 0 radical (unpaired) electrons. The number of primary sulfonamides is 1. The minimum Gasteiger partial charge on any atom is -0.445 e. The van der Waals surface area contributed by atoms with Crippen LogP contribution < -0.4 is 5.14 Å². The Morgan fingerprint density at radius 1 is 1.19 bits per heavy atom. The van der Waals surface area contributed by atoms with Crippen LogP contribution in [0.4, 0.5) is 4.79 Å². The van der Waals surface area contributed by atoms with Gasteiger partial charge in [0.25, 0.3) is 10.0 Å². The average Bonchev–Trinajstić information content (AvgIpc) is 2.84. The first-order chi connectivity index (χ1) is 12.2. The topological polar surface area (TPSA) is 108 Å². The molecule has 1 aromatic carbocycles. The molecule has 2 aromatic rings. The molecule has 1 amide bonds. The van der Waals surface area contributed by atoms with E-state index in [4.69, 9.17) is 9.88 Å². The molecule has 26 heavy (non-hydrogen) atoms. The summed E-state index contributed by atoms with van der Waals surface area (Å²) in [5.74, 6) is 0. The van der Waals surface area contributed by atoms with Gasteiger partial charge in [-0.25, -0.2) is 18.4 Å². The molecule has 0 spiro atoms. The normalized spacial score (nSPS) is 14.7. The predicted molar refractivity (Wildman–Crippen MR) is 94.7 cm³/mol. The van der Waals surface area contributed by atoms with E-state index in [1.165, 1.54) is 6.07 Å². The van der Waals surface area contributed by atoms with Gasteiger partial charge in [0, 0.05) is 19.2 Å². The lowest BCUT2D eigenvalue weighted by atomic mass is 10.1. The summed E-state index contributed by atoms with van der Waals surface area (Å²) < 4.78 is 29.9. The van der Waals surface area contributed by atoms with E-state index in [0.29, 0.717) is 25.2 Å². The number of nitrogens with zero attached hydrogens (tertiary/aromatic N) is 3. The molecule has 1 aliphatic heterocycles. The smallest absolute Gasteiger partial charge is 0.410 e. The van der Waals surface area contributed by atoms with Gasteiger partial charge in [0.05, 0.1) is 12.2 Å². The fraction of sp³-hybridized carbons (Fsp3) is 0.412. The molecule has 0 atom stereocenters. The SMILES string of the molecule is Cc1cc(C)cc(COC(=O)N2CCCn3nc(S(N)(=O)=O)cc3C2)c1. The Morgan fingerprint density at radius 2 is 1.88 bits per heavy atom. The third kappa shape index (κ3) is 4.23. The molecule has 0 fully saturated rings. The monoisotopic (exact) mass is 378 g/mol. The number of fused-ring (bicyclic) bond motifs is 1. The Bertz CT molecular complexity index is 916. The maximum absolute atomic E-state index is 12.4. The third-order valence-electron chi connectivity index (χ3n) is 4.19. The number of sulfonamides is 1. The molecule has 0 saturated heterocycles. The zero-order valence-electron chi connectivity index (χ0n) is 14.8. The Labute approximate surface area is 152 Å². The van der Waals surface area contributed by atoms with Gasteiger partial charge in [0.2, 0.25) is 0 Å². The number of hydrogen-bond donors (Lipinski definition) is 1. The first kappa shape index (κ1) is 18.4. The second kappa shape index (κ2) is 7.08. The van der Waals surface area contributed by atoms with E-state index in [-0.39, 0.29) is 18.2 Å². The van der Waals surface area contributed by atoms with E-state index in [9.17, 15) is 13.2 Å². The van der Waals surface area contributed by atoms with Gasteiger partial charge in [-0.2, -0.15) is 5.10 Å². The standard InChI is InChI=1S/C17H22N4O4S/c1-12-6-13(2)8-14(7-12)11-25-17(22)20-4-3-5-21-15(10-20)9-16(19-21)26(18,23)24/h6-9H,3-5,10-11H2,1-2H3,(H2,18,23,24). The zero-order valence-corrected chi connectivity index (χ0v) is 15.6. The van der Waals surface area contributed by atoms with Crippen molar-refractivity contribution in [3.05, 3.63) is 46.6 Å². The second-order valence-electron chi connectivity index (χ2n) is 6.57. The van der Waals surface area contributed by atoms with Crippen LogP contribution >= 0.6 is 0 Å². The van der Waals surface area contributed by atoms with Crippen molar-refractivity contribution < 1.29 is 17.9 Å². The number of nitrogens with two attached hydrogens (primary N) is 1. The number of hydrogen-bond acceptors (Lipinski definition) is 5. The van der Waals surface area contributed by atoms with Gasteiger partial charge in [-0.05, 0) is 25.8 Å². The summed E-state index contributed by atoms with van der Waals surface area (Å²) in [4.78, 5) is 14.0. The molecule has 2 N–H and O–H groups in total. The second-order valence-corrected chi connectivity index (χ2v) is 8.08. The van der Waals surface area contributed by atoms with E-state index in [1.54, 1.807) is 9.58 Å². The Morgan fingerprint density at radius 3 is 2.54 bits per heavy atom. The number of amides is 1. The lowest BCUT2D eigenvalue weighted by Crippen LogP contribution is -2.31. The van der Waals surface area contributed by atoms with Gasteiger partial charge in [0.1, 0.15) is 6.61 Å². The summed E-state index contributed by atoms with van der Waals surface area (Å²) in [6, 6.07) is 7.43. The lowest BCUT2D eigenvalue weighted by Gasteiger charge is -2.19. The maximum Gasteiger partial charge on any atom is 0.410 e. The lowest BCUT2D eigenvalue weighted by molar-refractivity contribution is 0.0941. The molecular formula is C17H22N4O4S. The number of aromatic nitrogens is 2. The van der Waals surface area contributed by atoms with Crippen molar-refractivity contribution in [2.45, 2.75) is 45.0 Å². The molecule has 0 bridgehead atoms. The van der Waals surface area contributed by atoms with E-state index in [0.717, 1.165) is 16.7 Å². The predicted octanol–water partition coefficient (Wildman–Crippen LogP) is 1.69. The van der Waals surface area contributed by atoms with Crippen LogP contribution in [0.3, 0.4) is 0 Å². The molecule has 0 aliphatic carbocycles. The van der Waals surface area contributed by atoms with E-state index in [2.05, 4.69) is 11.2 Å². The van der Waals surface area contributed by atoms with Crippen molar-refractivity contribution >= 4 is 16.1 Å². The van der Waals surface area contributed by atoms with Crippen LogP contribution in [0.1, 0.15) is 28.8 Å². The molecule has 0 unspecified atom stereocenters. The Balaban J connectivity index is 1.69. The third-order valence-corrected chi connectivity index (χ3v) is 4.97. The molecule has 0 saturated carbocycles. The van der Waals surface area contributed by atoms with Crippen LogP contribution in [0.5, 0.6) is 0 Å². The summed E-state index contributed by atoms with van der Waals surface area (Å²) in [6.07, 6.45) is 0.216. The van der Waals surface area contributed by atoms with Gasteiger partial charge < -0.3 is 9.64 Å². The molecule has 1 aliphatic rings. The fourth-order valence-electron chi connectivity index (χ4n) is 3.12. The van der Waals surface area contributed by atoms with Gasteiger partial charge in [-0.1, -0.05) is 29.3 Å². The maximum atomic E-state index is 12.4. The van der Waals surface area contributed by atoms with Crippen LogP contribution in [0.25, 0.3) is 0 Å². The van der Waals surface area contributed by atoms with E-state index < -0.39 is 16.1 Å². The minimum atomic E-state index is -3.87. The van der Waals surface area contributed by atoms with Crippen molar-refractivity contribution in [3.8, 4) is 0 Å². The summed E-state index contributed by atoms with van der Waals surface area (Å²) >= 11 is 0. The van der Waals surface area contributed by atoms with Gasteiger partial charge >= 0.3 is 6.09 Å². The highest BCUT2D eigenvalue weighted by atomic mass is 32.2. The van der Waals surface area contributed by atoms with Crippen molar-refractivity contribution in [2.75, 3.05) is 6.54 Å². The van der Waals surface area contributed by atoms with Crippen LogP contribution in [0, 0.1) is 13.8 Å². The van der Waals surface area contributed by atoms with Crippen LogP contribution in [0.2, 0.25) is 0 Å². The number of aryl methyl sites for hydroxylation is 3. The summed E-state index contributed by atoms with van der Waals surface area (Å²) in [6.45, 7) is 5.45. The fourth-order valence-corrected chi connectivity index (χ4v) is 3.63. The first-order valence-electron chi connectivity index (χ1n) is 8.31. The number of ether oxygens (including phenoxy) is 1. The highest BCUT2D eigenvalue weighted by Gasteiger charge is 2.24. The first-order valence-corrected chi connectivity index (χ1v) is 9.85.